The number of nitrogens with one attached hydrogen (secondary N) is 2. The Morgan fingerprint density at radius 1 is 0.971 bits per heavy atom. The zero-order valence-electron chi connectivity index (χ0n) is 18.7. The van der Waals surface area contributed by atoms with E-state index >= 15 is 0 Å². The Bertz CT molecular complexity index is 1220. The van der Waals surface area contributed by atoms with Gasteiger partial charge in [0.05, 0.1) is 13.0 Å². The molecular formula is C26H25N3O5. The molecule has 0 bridgehead atoms. The second-order valence-corrected chi connectivity index (χ2v) is 7.60. The Balaban J connectivity index is 1.24. The van der Waals surface area contributed by atoms with Crippen molar-refractivity contribution in [2.24, 2.45) is 0 Å². The fourth-order valence-corrected chi connectivity index (χ4v) is 3.27. The highest BCUT2D eigenvalue weighted by Crippen LogP contribution is 2.20. The first-order chi connectivity index (χ1) is 16.6. The summed E-state index contributed by atoms with van der Waals surface area (Å²) in [4.78, 5) is 29.0. The third kappa shape index (κ3) is 6.20. The van der Waals surface area contributed by atoms with Gasteiger partial charge < -0.3 is 24.5 Å². The van der Waals surface area contributed by atoms with E-state index in [-0.39, 0.29) is 24.0 Å². The number of amides is 2. The molecule has 2 aromatic heterocycles. The van der Waals surface area contributed by atoms with Crippen LogP contribution in [0.3, 0.4) is 0 Å². The van der Waals surface area contributed by atoms with E-state index in [4.69, 9.17) is 13.9 Å². The maximum Gasteiger partial charge on any atom is 0.291 e. The number of hydrogen-bond donors (Lipinski definition) is 2. The number of aromatic nitrogens is 1. The lowest BCUT2D eigenvalue weighted by atomic mass is 10.1. The van der Waals surface area contributed by atoms with Gasteiger partial charge in [0.1, 0.15) is 12.2 Å². The zero-order valence-corrected chi connectivity index (χ0v) is 18.7. The van der Waals surface area contributed by atoms with Gasteiger partial charge in [0.15, 0.2) is 5.76 Å². The number of carbonyl (C=O) groups excluding carboxylic acids is 2. The van der Waals surface area contributed by atoms with Gasteiger partial charge in [-0.2, -0.15) is 0 Å². The molecule has 2 N–H and O–H groups in total. The molecular weight excluding hydrogens is 434 g/mol. The zero-order chi connectivity index (χ0) is 23.8. The van der Waals surface area contributed by atoms with Crippen LogP contribution in [0.1, 0.15) is 21.7 Å². The van der Waals surface area contributed by atoms with Crippen molar-refractivity contribution in [2.75, 3.05) is 25.6 Å². The molecule has 0 aliphatic rings. The van der Waals surface area contributed by atoms with Gasteiger partial charge in [0.2, 0.25) is 11.8 Å². The summed E-state index contributed by atoms with van der Waals surface area (Å²) in [5, 5.41) is 6.56. The average Bonchev–Trinajstić information content (AvgIpc) is 3.30. The molecule has 2 heterocycles. The molecule has 0 saturated carbocycles. The number of nitrogens with zero attached hydrogens (tertiary/aromatic N) is 1. The minimum absolute atomic E-state index is 0.112. The molecule has 0 saturated heterocycles. The van der Waals surface area contributed by atoms with Crippen molar-refractivity contribution in [1.29, 1.82) is 0 Å². The Hall–Kier alpha value is -4.17. The van der Waals surface area contributed by atoms with Crippen molar-refractivity contribution in [3.05, 3.63) is 89.8 Å². The van der Waals surface area contributed by atoms with Gasteiger partial charge in [-0.1, -0.05) is 36.4 Å². The molecule has 4 rings (SSSR count). The lowest BCUT2D eigenvalue weighted by molar-refractivity contribution is -0.120. The second-order valence-electron chi connectivity index (χ2n) is 7.60. The molecule has 2 aromatic carbocycles. The van der Waals surface area contributed by atoms with Crippen molar-refractivity contribution in [1.82, 2.24) is 10.3 Å². The van der Waals surface area contributed by atoms with Crippen LogP contribution in [0.5, 0.6) is 5.88 Å². The molecule has 0 spiro atoms. The summed E-state index contributed by atoms with van der Waals surface area (Å²) in [6.45, 7) is 1.30. The summed E-state index contributed by atoms with van der Waals surface area (Å²) >= 11 is 0. The highest BCUT2D eigenvalue weighted by molar-refractivity contribution is 6.04. The number of pyridine rings is 1. The van der Waals surface area contributed by atoms with Crippen LogP contribution >= 0.6 is 0 Å². The first-order valence-electron chi connectivity index (χ1n) is 10.8. The van der Waals surface area contributed by atoms with Crippen LogP contribution in [-0.4, -0.2) is 37.1 Å². The van der Waals surface area contributed by atoms with Gasteiger partial charge in [-0.05, 0) is 35.4 Å². The molecule has 174 valence electrons. The summed E-state index contributed by atoms with van der Waals surface area (Å²) < 4.78 is 15.9. The molecule has 0 radical (unpaired) electrons. The fourth-order valence-electron chi connectivity index (χ4n) is 3.27. The number of carbonyl (C=O) groups is 2. The highest BCUT2D eigenvalue weighted by Gasteiger charge is 2.12. The number of methoxy groups -OCH3 is 1. The summed E-state index contributed by atoms with van der Waals surface area (Å²) in [5.41, 5.74) is 2.99. The number of anilines is 1. The minimum atomic E-state index is -0.328. The Morgan fingerprint density at radius 2 is 1.76 bits per heavy atom. The first-order valence-corrected chi connectivity index (χ1v) is 10.8. The number of furan rings is 1. The Morgan fingerprint density at radius 3 is 2.50 bits per heavy atom. The molecule has 0 aliphatic heterocycles. The molecule has 0 atom stereocenters. The molecule has 0 aliphatic carbocycles. The third-order valence-corrected chi connectivity index (χ3v) is 5.05. The van der Waals surface area contributed by atoms with Gasteiger partial charge in [-0.15, -0.1) is 0 Å². The van der Waals surface area contributed by atoms with Crippen LogP contribution in [0.2, 0.25) is 0 Å². The quantitative estimate of drug-likeness (QED) is 0.348. The molecule has 0 fully saturated rings. The molecule has 4 aromatic rings. The van der Waals surface area contributed by atoms with Crippen molar-refractivity contribution in [2.45, 2.75) is 13.0 Å². The van der Waals surface area contributed by atoms with Crippen LogP contribution in [0, 0.1) is 0 Å². The molecule has 8 heteroatoms. The normalized spacial score (nSPS) is 10.7. The van der Waals surface area contributed by atoms with E-state index < -0.39 is 0 Å². The number of para-hydroxylation sites is 1. The number of fused-ring (bicyclic) bond motifs is 1. The van der Waals surface area contributed by atoms with Crippen LogP contribution < -0.4 is 15.4 Å². The maximum absolute atomic E-state index is 12.5. The molecule has 0 unspecified atom stereocenters. The SMILES string of the molecule is COCCOc1ccc(CNC(=O)Cc2ccc(NC(=O)c3cc4ccccc4o3)cc2)cn1. The Kier molecular flexibility index (Phi) is 7.52. The van der Waals surface area contributed by atoms with Crippen molar-refractivity contribution < 1.29 is 23.5 Å². The number of benzene rings is 2. The van der Waals surface area contributed by atoms with Gasteiger partial charge in [-0.25, -0.2) is 4.98 Å². The average molecular weight is 460 g/mol. The number of ether oxygens (including phenoxy) is 2. The predicted octanol–water partition coefficient (Wildman–Crippen LogP) is 3.96. The fraction of sp³-hybridized carbons (Fsp3) is 0.192. The monoisotopic (exact) mass is 459 g/mol. The van der Waals surface area contributed by atoms with E-state index in [1.165, 1.54) is 0 Å². The minimum Gasteiger partial charge on any atom is -0.475 e. The number of rotatable bonds is 10. The van der Waals surface area contributed by atoms with Gasteiger partial charge >= 0.3 is 0 Å². The van der Waals surface area contributed by atoms with Crippen LogP contribution in [0.25, 0.3) is 11.0 Å². The first kappa shape index (κ1) is 23.0. The van der Waals surface area contributed by atoms with E-state index in [9.17, 15) is 9.59 Å². The second kappa shape index (κ2) is 11.1. The van der Waals surface area contributed by atoms with Crippen LogP contribution in [0.4, 0.5) is 5.69 Å². The van der Waals surface area contributed by atoms with Crippen molar-refractivity contribution >= 4 is 28.5 Å². The lowest BCUT2D eigenvalue weighted by Crippen LogP contribution is -2.24. The van der Waals surface area contributed by atoms with Crippen molar-refractivity contribution in [3.63, 3.8) is 0 Å². The van der Waals surface area contributed by atoms with Crippen LogP contribution in [0.15, 0.2) is 77.3 Å². The molecule has 2 amide bonds. The van der Waals surface area contributed by atoms with E-state index in [1.807, 2.05) is 42.5 Å². The topological polar surface area (TPSA) is 103 Å². The summed E-state index contributed by atoms with van der Waals surface area (Å²) in [6.07, 6.45) is 1.89. The summed E-state index contributed by atoms with van der Waals surface area (Å²) in [6, 6.07) is 19.9. The van der Waals surface area contributed by atoms with E-state index in [1.54, 1.807) is 37.6 Å². The van der Waals surface area contributed by atoms with Gasteiger partial charge in [0, 0.05) is 37.0 Å². The smallest absolute Gasteiger partial charge is 0.291 e. The summed E-state index contributed by atoms with van der Waals surface area (Å²) in [7, 11) is 1.61. The summed E-state index contributed by atoms with van der Waals surface area (Å²) in [5.74, 6) is 0.318. The maximum atomic E-state index is 12.5. The highest BCUT2D eigenvalue weighted by atomic mass is 16.5. The lowest BCUT2D eigenvalue weighted by Gasteiger charge is -2.08. The standard InChI is InChI=1S/C26H25N3O5/c1-32-12-13-33-25-11-8-19(17-28-25)16-27-24(30)14-18-6-9-21(10-7-18)29-26(31)23-15-20-4-2-3-5-22(20)34-23/h2-11,15,17H,12-14,16H2,1H3,(H,27,30)(H,29,31). The van der Waals surface area contributed by atoms with E-state index in [0.29, 0.717) is 36.9 Å². The van der Waals surface area contributed by atoms with Gasteiger partial charge in [-0.3, -0.25) is 9.59 Å². The van der Waals surface area contributed by atoms with Crippen LogP contribution in [-0.2, 0) is 22.5 Å². The van der Waals surface area contributed by atoms with E-state index in [2.05, 4.69) is 15.6 Å². The Labute approximate surface area is 196 Å². The largest absolute Gasteiger partial charge is 0.475 e. The number of hydrogen-bond acceptors (Lipinski definition) is 6. The molecule has 8 nitrogen and oxygen atoms in total. The van der Waals surface area contributed by atoms with E-state index in [0.717, 1.165) is 16.5 Å². The molecule has 34 heavy (non-hydrogen) atoms. The third-order valence-electron chi connectivity index (χ3n) is 5.05. The predicted molar refractivity (Wildman–Crippen MR) is 128 cm³/mol. The van der Waals surface area contributed by atoms with Gasteiger partial charge in [0.25, 0.3) is 5.91 Å². The van der Waals surface area contributed by atoms with Crippen molar-refractivity contribution in [3.8, 4) is 5.88 Å².